The van der Waals surface area contributed by atoms with E-state index in [1.54, 1.807) is 24.5 Å². The molecule has 1 amide bonds. The first kappa shape index (κ1) is 17.5. The second kappa shape index (κ2) is 8.21. The molecule has 0 radical (unpaired) electrons. The molecule has 2 aromatic rings. The molecule has 0 bridgehead atoms. The lowest BCUT2D eigenvalue weighted by atomic mass is 10.0. The summed E-state index contributed by atoms with van der Waals surface area (Å²) in [6.07, 6.45) is 5.20. The van der Waals surface area contributed by atoms with Crippen molar-refractivity contribution in [2.45, 2.75) is 25.8 Å². The highest BCUT2D eigenvalue weighted by molar-refractivity contribution is 5.94. The summed E-state index contributed by atoms with van der Waals surface area (Å²) in [4.78, 5) is 20.9. The van der Waals surface area contributed by atoms with Crippen molar-refractivity contribution in [1.29, 1.82) is 0 Å². The number of pyridine rings is 1. The molecule has 1 atom stereocenters. The van der Waals surface area contributed by atoms with Crippen LogP contribution in [0.15, 0.2) is 48.8 Å². The Bertz CT molecular complexity index is 690. The monoisotopic (exact) mass is 341 g/mol. The van der Waals surface area contributed by atoms with E-state index >= 15 is 0 Å². The van der Waals surface area contributed by atoms with Crippen molar-refractivity contribution in [2.24, 2.45) is 0 Å². The normalized spacial score (nSPS) is 17.1. The molecule has 1 unspecified atom stereocenters. The Morgan fingerprint density at radius 2 is 1.80 bits per heavy atom. The molecule has 0 spiro atoms. The largest absolute Gasteiger partial charge is 0.337 e. The molecule has 1 fully saturated rings. The number of halogens is 1. The van der Waals surface area contributed by atoms with Crippen LogP contribution in [0.3, 0.4) is 0 Å². The van der Waals surface area contributed by atoms with Gasteiger partial charge in [0.2, 0.25) is 0 Å². The maximum atomic E-state index is 13.2. The van der Waals surface area contributed by atoms with Crippen LogP contribution in [0.4, 0.5) is 4.39 Å². The van der Waals surface area contributed by atoms with Crippen molar-refractivity contribution in [3.63, 3.8) is 0 Å². The fourth-order valence-corrected chi connectivity index (χ4v) is 3.52. The van der Waals surface area contributed by atoms with E-state index in [0.717, 1.165) is 38.0 Å². The Balaban J connectivity index is 1.68. The van der Waals surface area contributed by atoms with Gasteiger partial charge >= 0.3 is 0 Å². The van der Waals surface area contributed by atoms with Gasteiger partial charge in [0.1, 0.15) is 5.82 Å². The number of hydrogen-bond donors (Lipinski definition) is 0. The Labute approximate surface area is 148 Å². The van der Waals surface area contributed by atoms with Crippen LogP contribution in [-0.2, 0) is 0 Å². The second-order valence-corrected chi connectivity index (χ2v) is 6.39. The zero-order valence-corrected chi connectivity index (χ0v) is 14.6. The number of rotatable bonds is 4. The minimum absolute atomic E-state index is 0.0686. The molecule has 0 aliphatic carbocycles. The Morgan fingerprint density at radius 1 is 1.08 bits per heavy atom. The molecule has 1 saturated heterocycles. The molecule has 1 aromatic heterocycles. The number of aromatic nitrogens is 1. The first-order valence-electron chi connectivity index (χ1n) is 8.88. The van der Waals surface area contributed by atoms with Crippen LogP contribution in [0, 0.1) is 5.82 Å². The molecule has 3 rings (SSSR count). The van der Waals surface area contributed by atoms with Crippen LogP contribution in [-0.4, -0.2) is 46.9 Å². The van der Waals surface area contributed by atoms with Gasteiger partial charge in [-0.15, -0.1) is 0 Å². The lowest BCUT2D eigenvalue weighted by Gasteiger charge is -2.30. The van der Waals surface area contributed by atoms with Gasteiger partial charge in [-0.2, -0.15) is 0 Å². The summed E-state index contributed by atoms with van der Waals surface area (Å²) < 4.78 is 13.2. The highest BCUT2D eigenvalue weighted by Gasteiger charge is 2.24. The van der Waals surface area contributed by atoms with E-state index in [-0.39, 0.29) is 17.8 Å². The predicted molar refractivity (Wildman–Crippen MR) is 95.8 cm³/mol. The van der Waals surface area contributed by atoms with Crippen LogP contribution in [0.5, 0.6) is 0 Å². The van der Waals surface area contributed by atoms with E-state index in [0.29, 0.717) is 12.1 Å². The van der Waals surface area contributed by atoms with E-state index < -0.39 is 0 Å². The van der Waals surface area contributed by atoms with Crippen molar-refractivity contribution in [1.82, 2.24) is 14.8 Å². The fourth-order valence-electron chi connectivity index (χ4n) is 3.52. The average molecular weight is 341 g/mol. The molecule has 1 aliphatic rings. The molecule has 0 saturated carbocycles. The fraction of sp³-hybridized carbons (Fsp3) is 0.400. The van der Waals surface area contributed by atoms with Crippen molar-refractivity contribution < 1.29 is 9.18 Å². The molecule has 0 N–H and O–H groups in total. The summed E-state index contributed by atoms with van der Waals surface area (Å²) in [5.74, 6) is -0.136. The van der Waals surface area contributed by atoms with Crippen LogP contribution in [0.2, 0.25) is 0 Å². The first-order valence-corrected chi connectivity index (χ1v) is 8.88. The number of amides is 1. The summed E-state index contributed by atoms with van der Waals surface area (Å²) >= 11 is 0. The van der Waals surface area contributed by atoms with Gasteiger partial charge in [0.05, 0.1) is 0 Å². The Morgan fingerprint density at radius 3 is 2.48 bits per heavy atom. The van der Waals surface area contributed by atoms with E-state index in [4.69, 9.17) is 0 Å². The molecule has 1 aromatic carbocycles. The number of carbonyl (C=O) groups excluding carboxylic acids is 1. The number of carbonyl (C=O) groups is 1. The van der Waals surface area contributed by atoms with Crippen LogP contribution in [0.1, 0.15) is 41.7 Å². The van der Waals surface area contributed by atoms with Crippen molar-refractivity contribution in [2.75, 3.05) is 26.2 Å². The van der Waals surface area contributed by atoms with Gasteiger partial charge in [0.15, 0.2) is 0 Å². The van der Waals surface area contributed by atoms with E-state index in [1.165, 1.54) is 12.1 Å². The minimum Gasteiger partial charge on any atom is -0.337 e. The summed E-state index contributed by atoms with van der Waals surface area (Å²) in [6, 6.07) is 10.6. The Kier molecular flexibility index (Phi) is 5.76. The highest BCUT2D eigenvalue weighted by atomic mass is 19.1. The van der Waals surface area contributed by atoms with Gasteiger partial charge in [-0.3, -0.25) is 14.7 Å². The summed E-state index contributed by atoms with van der Waals surface area (Å²) in [6.45, 7) is 5.39. The van der Waals surface area contributed by atoms with Gasteiger partial charge in [-0.1, -0.05) is 19.1 Å². The van der Waals surface area contributed by atoms with Gasteiger partial charge in [-0.05, 0) is 42.7 Å². The maximum Gasteiger partial charge on any atom is 0.254 e. The molecule has 4 nitrogen and oxygen atoms in total. The zero-order chi connectivity index (χ0) is 17.6. The van der Waals surface area contributed by atoms with Gasteiger partial charge < -0.3 is 4.90 Å². The quantitative estimate of drug-likeness (QED) is 0.854. The molecule has 1 aliphatic heterocycles. The Hall–Kier alpha value is -2.27. The van der Waals surface area contributed by atoms with Gasteiger partial charge in [0, 0.05) is 50.2 Å². The molecular weight excluding hydrogens is 317 g/mol. The van der Waals surface area contributed by atoms with Crippen molar-refractivity contribution in [3.05, 3.63) is 65.7 Å². The summed E-state index contributed by atoms with van der Waals surface area (Å²) in [5, 5.41) is 0. The van der Waals surface area contributed by atoms with Crippen molar-refractivity contribution in [3.8, 4) is 0 Å². The number of hydrogen-bond acceptors (Lipinski definition) is 3. The maximum absolute atomic E-state index is 13.2. The molecule has 25 heavy (non-hydrogen) atoms. The average Bonchev–Trinajstić information content (AvgIpc) is 2.90. The van der Waals surface area contributed by atoms with E-state index in [9.17, 15) is 9.18 Å². The summed E-state index contributed by atoms with van der Waals surface area (Å²) in [5.41, 5.74) is 1.83. The third kappa shape index (κ3) is 4.23. The third-order valence-electron chi connectivity index (χ3n) is 4.83. The zero-order valence-electron chi connectivity index (χ0n) is 14.6. The SMILES string of the molecule is CCC(c1ccc(F)cc1)N1CCCN(C(=O)c2ccncc2)CC1. The first-order chi connectivity index (χ1) is 12.2. The minimum atomic E-state index is -0.205. The molecule has 132 valence electrons. The third-order valence-corrected chi connectivity index (χ3v) is 4.83. The standard InChI is InChI=1S/C20H24FN3O/c1-2-19(16-4-6-18(21)7-5-16)23-12-3-13-24(15-14-23)20(25)17-8-10-22-11-9-17/h4-11,19H,2-3,12-15H2,1H3. The van der Waals surface area contributed by atoms with E-state index in [1.807, 2.05) is 17.0 Å². The van der Waals surface area contributed by atoms with E-state index in [2.05, 4.69) is 16.8 Å². The van der Waals surface area contributed by atoms with Gasteiger partial charge in [-0.25, -0.2) is 4.39 Å². The number of benzene rings is 1. The van der Waals surface area contributed by atoms with Crippen molar-refractivity contribution >= 4 is 5.91 Å². The van der Waals surface area contributed by atoms with Crippen LogP contribution in [0.25, 0.3) is 0 Å². The molecule has 5 heteroatoms. The topological polar surface area (TPSA) is 36.4 Å². The lowest BCUT2D eigenvalue weighted by Crippen LogP contribution is -2.36. The lowest BCUT2D eigenvalue weighted by molar-refractivity contribution is 0.0757. The molecular formula is C20H24FN3O. The summed E-state index contributed by atoms with van der Waals surface area (Å²) in [7, 11) is 0. The highest BCUT2D eigenvalue weighted by Crippen LogP contribution is 2.25. The predicted octanol–water partition coefficient (Wildman–Crippen LogP) is 3.52. The van der Waals surface area contributed by atoms with Crippen LogP contribution < -0.4 is 0 Å². The number of nitrogens with zero attached hydrogens (tertiary/aromatic N) is 3. The molecule has 2 heterocycles. The second-order valence-electron chi connectivity index (χ2n) is 6.39. The van der Waals surface area contributed by atoms with Gasteiger partial charge in [0.25, 0.3) is 5.91 Å². The van der Waals surface area contributed by atoms with Crippen LogP contribution >= 0.6 is 0 Å². The smallest absolute Gasteiger partial charge is 0.254 e.